The van der Waals surface area contributed by atoms with Crippen LogP contribution in [0.15, 0.2) is 78.9 Å². The number of halogens is 2. The fourth-order valence-electron chi connectivity index (χ4n) is 4.83. The van der Waals surface area contributed by atoms with E-state index in [4.69, 9.17) is 23.2 Å². The average molecular weight is 440 g/mol. The second-order valence-corrected chi connectivity index (χ2v) is 9.33. The van der Waals surface area contributed by atoms with Gasteiger partial charge in [-0.25, -0.2) is 0 Å². The first-order chi connectivity index (χ1) is 14.4. The van der Waals surface area contributed by atoms with Crippen LogP contribution in [-0.2, 0) is 6.42 Å². The van der Waals surface area contributed by atoms with Crippen molar-refractivity contribution in [2.75, 3.05) is 0 Å². The summed E-state index contributed by atoms with van der Waals surface area (Å²) in [7, 11) is 0. The maximum absolute atomic E-state index is 12.1. The van der Waals surface area contributed by atoms with Gasteiger partial charge in [0.2, 0.25) is 0 Å². The van der Waals surface area contributed by atoms with Crippen LogP contribution in [0.2, 0.25) is 10.0 Å². The lowest BCUT2D eigenvalue weighted by Gasteiger charge is -2.52. The van der Waals surface area contributed by atoms with Crippen LogP contribution in [0, 0.1) is 11.8 Å². The Kier molecular flexibility index (Phi) is 6.22. The SMILES string of the molecule is C[C@H]1[C@@H](c2ccc(Cl)cc2)N[C@@H](c2ccc(Cl)cc2)[C@H](C)C1(O)Cc1ccccc1. The molecule has 4 heteroatoms. The Morgan fingerprint density at radius 3 is 1.60 bits per heavy atom. The van der Waals surface area contributed by atoms with Crippen molar-refractivity contribution in [3.05, 3.63) is 106 Å². The summed E-state index contributed by atoms with van der Waals surface area (Å²) < 4.78 is 0. The van der Waals surface area contributed by atoms with Crippen LogP contribution in [0.1, 0.15) is 42.6 Å². The van der Waals surface area contributed by atoms with Crippen molar-refractivity contribution in [2.24, 2.45) is 11.8 Å². The summed E-state index contributed by atoms with van der Waals surface area (Å²) in [6.07, 6.45) is 0.603. The summed E-state index contributed by atoms with van der Waals surface area (Å²) in [5.41, 5.74) is 2.51. The Labute approximate surface area is 188 Å². The van der Waals surface area contributed by atoms with E-state index in [0.29, 0.717) is 16.5 Å². The molecule has 0 bridgehead atoms. The zero-order valence-electron chi connectivity index (χ0n) is 17.2. The van der Waals surface area contributed by atoms with Crippen molar-refractivity contribution in [3.63, 3.8) is 0 Å². The van der Waals surface area contributed by atoms with Crippen LogP contribution in [0.3, 0.4) is 0 Å². The molecule has 0 aliphatic carbocycles. The van der Waals surface area contributed by atoms with Gasteiger partial charge in [0.15, 0.2) is 0 Å². The third-order valence-electron chi connectivity index (χ3n) is 6.72. The van der Waals surface area contributed by atoms with Gasteiger partial charge in [0, 0.05) is 40.4 Å². The minimum absolute atomic E-state index is 0.00238. The molecule has 1 unspecified atom stereocenters. The third kappa shape index (κ3) is 4.15. The predicted molar refractivity (Wildman–Crippen MR) is 125 cm³/mol. The average Bonchev–Trinajstić information content (AvgIpc) is 2.75. The molecule has 4 rings (SSSR count). The van der Waals surface area contributed by atoms with Crippen LogP contribution in [-0.4, -0.2) is 10.7 Å². The highest BCUT2D eigenvalue weighted by Crippen LogP contribution is 2.48. The Hall–Kier alpha value is -1.84. The molecule has 156 valence electrons. The van der Waals surface area contributed by atoms with E-state index in [1.54, 1.807) is 0 Å². The molecule has 0 aromatic heterocycles. The van der Waals surface area contributed by atoms with E-state index < -0.39 is 5.60 Å². The molecule has 30 heavy (non-hydrogen) atoms. The summed E-state index contributed by atoms with van der Waals surface area (Å²) in [4.78, 5) is 0. The number of hydrogen-bond acceptors (Lipinski definition) is 2. The maximum Gasteiger partial charge on any atom is 0.0774 e. The zero-order chi connectivity index (χ0) is 21.3. The fraction of sp³-hybridized carbons (Fsp3) is 0.308. The van der Waals surface area contributed by atoms with E-state index in [1.807, 2.05) is 66.7 Å². The molecule has 0 radical (unpaired) electrons. The van der Waals surface area contributed by atoms with Crippen molar-refractivity contribution in [2.45, 2.75) is 38.0 Å². The molecule has 0 spiro atoms. The Morgan fingerprint density at radius 2 is 1.17 bits per heavy atom. The molecule has 5 atom stereocenters. The van der Waals surface area contributed by atoms with Crippen molar-refractivity contribution >= 4 is 23.2 Å². The van der Waals surface area contributed by atoms with Gasteiger partial charge in [-0.1, -0.05) is 91.6 Å². The molecule has 2 N–H and O–H groups in total. The fourth-order valence-corrected chi connectivity index (χ4v) is 5.08. The molecule has 3 aromatic rings. The number of aliphatic hydroxyl groups is 1. The van der Waals surface area contributed by atoms with E-state index in [1.165, 1.54) is 0 Å². The lowest BCUT2D eigenvalue weighted by Crippen LogP contribution is -2.58. The summed E-state index contributed by atoms with van der Waals surface area (Å²) >= 11 is 12.3. The first-order valence-electron chi connectivity index (χ1n) is 10.4. The van der Waals surface area contributed by atoms with Crippen molar-refractivity contribution in [1.82, 2.24) is 5.32 Å². The molecule has 0 saturated carbocycles. The first-order valence-corrected chi connectivity index (χ1v) is 11.2. The normalized spacial score (nSPS) is 29.0. The molecule has 0 amide bonds. The highest BCUT2D eigenvalue weighted by molar-refractivity contribution is 6.30. The monoisotopic (exact) mass is 439 g/mol. The van der Waals surface area contributed by atoms with Crippen LogP contribution in [0.4, 0.5) is 0 Å². The van der Waals surface area contributed by atoms with Gasteiger partial charge in [-0.2, -0.15) is 0 Å². The Balaban J connectivity index is 1.76. The second-order valence-electron chi connectivity index (χ2n) is 8.46. The zero-order valence-corrected chi connectivity index (χ0v) is 18.7. The smallest absolute Gasteiger partial charge is 0.0774 e. The minimum Gasteiger partial charge on any atom is -0.389 e. The van der Waals surface area contributed by atoms with E-state index in [2.05, 4.69) is 31.3 Å². The van der Waals surface area contributed by atoms with Crippen molar-refractivity contribution in [3.8, 4) is 0 Å². The van der Waals surface area contributed by atoms with Crippen LogP contribution < -0.4 is 5.32 Å². The summed E-state index contributed by atoms with van der Waals surface area (Å²) in [6, 6.07) is 26.1. The lowest BCUT2D eigenvalue weighted by atomic mass is 9.64. The van der Waals surface area contributed by atoms with Gasteiger partial charge in [-0.05, 0) is 41.0 Å². The van der Waals surface area contributed by atoms with E-state index in [0.717, 1.165) is 16.7 Å². The maximum atomic E-state index is 12.1. The van der Waals surface area contributed by atoms with Gasteiger partial charge >= 0.3 is 0 Å². The minimum atomic E-state index is -0.888. The summed E-state index contributed by atoms with van der Waals surface area (Å²) in [5.74, 6) is -0.00476. The lowest BCUT2D eigenvalue weighted by molar-refractivity contribution is -0.110. The Bertz CT molecular complexity index is 915. The van der Waals surface area contributed by atoms with Crippen LogP contribution >= 0.6 is 23.2 Å². The third-order valence-corrected chi connectivity index (χ3v) is 7.23. The highest BCUT2D eigenvalue weighted by Gasteiger charge is 2.51. The van der Waals surface area contributed by atoms with E-state index in [9.17, 15) is 5.11 Å². The van der Waals surface area contributed by atoms with Gasteiger partial charge in [0.1, 0.15) is 0 Å². The van der Waals surface area contributed by atoms with Crippen LogP contribution in [0.25, 0.3) is 0 Å². The molecule has 2 nitrogen and oxygen atoms in total. The summed E-state index contributed by atoms with van der Waals surface area (Å²) in [6.45, 7) is 4.29. The quantitative estimate of drug-likeness (QED) is 0.478. The van der Waals surface area contributed by atoms with Crippen LogP contribution in [0.5, 0.6) is 0 Å². The highest BCUT2D eigenvalue weighted by atomic mass is 35.5. The van der Waals surface area contributed by atoms with Crippen molar-refractivity contribution < 1.29 is 5.11 Å². The number of piperidine rings is 1. The summed E-state index contributed by atoms with van der Waals surface area (Å²) in [5, 5.41) is 17.4. The molecular formula is C26H27Cl2NO. The second kappa shape index (κ2) is 8.72. The predicted octanol–water partition coefficient (Wildman–Crippen LogP) is 6.63. The molecule has 1 saturated heterocycles. The number of rotatable bonds is 4. The van der Waals surface area contributed by atoms with Gasteiger partial charge in [0.25, 0.3) is 0 Å². The van der Waals surface area contributed by atoms with E-state index >= 15 is 0 Å². The number of benzene rings is 3. The number of nitrogens with one attached hydrogen (secondary N) is 1. The molecule has 1 fully saturated rings. The topological polar surface area (TPSA) is 32.3 Å². The van der Waals surface area contributed by atoms with Gasteiger partial charge in [-0.15, -0.1) is 0 Å². The Morgan fingerprint density at radius 1 is 0.733 bits per heavy atom. The first kappa shape index (κ1) is 21.4. The molecule has 1 heterocycles. The molecule has 1 aliphatic heterocycles. The van der Waals surface area contributed by atoms with Gasteiger partial charge < -0.3 is 10.4 Å². The van der Waals surface area contributed by atoms with E-state index in [-0.39, 0.29) is 23.9 Å². The van der Waals surface area contributed by atoms with Gasteiger partial charge in [-0.3, -0.25) is 0 Å². The molecule has 3 aromatic carbocycles. The largest absolute Gasteiger partial charge is 0.389 e. The molecule has 1 aliphatic rings. The van der Waals surface area contributed by atoms with Gasteiger partial charge in [0.05, 0.1) is 5.60 Å². The van der Waals surface area contributed by atoms with Crippen molar-refractivity contribution in [1.29, 1.82) is 0 Å². The molecular weight excluding hydrogens is 413 g/mol. The standard InChI is InChI=1S/C26H27Cl2NO/c1-17-24(20-8-12-22(27)13-9-20)29-25(21-10-14-23(28)15-11-21)18(2)26(17,30)16-19-6-4-3-5-7-19/h3-15,17-18,24-25,29-30H,16H2,1-2H3/t17-,18-,24-,25+,26?/m0/s1. The number of hydrogen-bond donors (Lipinski definition) is 2.